The van der Waals surface area contributed by atoms with Crippen molar-refractivity contribution in [1.29, 1.82) is 0 Å². The Bertz CT molecular complexity index is 868. The highest BCUT2D eigenvalue weighted by Gasteiger charge is 2.48. The van der Waals surface area contributed by atoms with Gasteiger partial charge in [0, 0.05) is 31.4 Å². The number of benzene rings is 1. The molecule has 28 heavy (non-hydrogen) atoms. The summed E-state index contributed by atoms with van der Waals surface area (Å²) in [5.41, 5.74) is 2.56. The van der Waals surface area contributed by atoms with Gasteiger partial charge in [0.25, 0.3) is 5.91 Å². The van der Waals surface area contributed by atoms with Crippen LogP contribution in [0.2, 0.25) is 0 Å². The molecule has 2 aromatic rings. The molecule has 2 fully saturated rings. The van der Waals surface area contributed by atoms with Crippen molar-refractivity contribution in [3.05, 3.63) is 59.9 Å². The Morgan fingerprint density at radius 1 is 1.18 bits per heavy atom. The second-order valence-electron chi connectivity index (χ2n) is 7.80. The van der Waals surface area contributed by atoms with E-state index in [4.69, 9.17) is 0 Å². The highest BCUT2D eigenvalue weighted by Crippen LogP contribution is 2.33. The van der Waals surface area contributed by atoms with Crippen LogP contribution in [0.3, 0.4) is 0 Å². The van der Waals surface area contributed by atoms with Gasteiger partial charge in [-0.25, -0.2) is 0 Å². The Morgan fingerprint density at radius 2 is 1.96 bits per heavy atom. The van der Waals surface area contributed by atoms with E-state index in [1.807, 2.05) is 53.2 Å². The number of amides is 2. The zero-order valence-electron chi connectivity index (χ0n) is 16.5. The number of anilines is 1. The van der Waals surface area contributed by atoms with Crippen LogP contribution < -0.4 is 4.90 Å². The molecule has 0 bridgehead atoms. The third kappa shape index (κ3) is 3.29. The molecule has 1 aromatic carbocycles. The summed E-state index contributed by atoms with van der Waals surface area (Å²) in [5.74, 6) is 0.138. The molecule has 0 saturated carbocycles. The number of hydrogen-bond donors (Lipinski definition) is 0. The van der Waals surface area contributed by atoms with Gasteiger partial charge < -0.3 is 9.80 Å². The van der Waals surface area contributed by atoms with E-state index in [1.165, 1.54) is 5.56 Å². The molecule has 1 atom stereocenters. The van der Waals surface area contributed by atoms with Crippen LogP contribution in [0.15, 0.2) is 48.8 Å². The van der Waals surface area contributed by atoms with E-state index in [0.717, 1.165) is 24.1 Å². The van der Waals surface area contributed by atoms with Crippen LogP contribution in [0.4, 0.5) is 5.69 Å². The number of carbonyl (C=O) groups is 2. The van der Waals surface area contributed by atoms with E-state index in [1.54, 1.807) is 12.4 Å². The maximum absolute atomic E-state index is 13.0. The van der Waals surface area contributed by atoms with Gasteiger partial charge in [-0.15, -0.1) is 0 Å². The van der Waals surface area contributed by atoms with Crippen molar-refractivity contribution < 1.29 is 9.59 Å². The van der Waals surface area contributed by atoms with E-state index in [9.17, 15) is 9.59 Å². The van der Waals surface area contributed by atoms with Crippen molar-refractivity contribution in [2.24, 2.45) is 0 Å². The van der Waals surface area contributed by atoms with Crippen LogP contribution in [0, 0.1) is 0 Å². The van der Waals surface area contributed by atoms with Crippen LogP contribution in [-0.2, 0) is 11.2 Å². The third-order valence-electron chi connectivity index (χ3n) is 6.12. The maximum atomic E-state index is 13.0. The van der Waals surface area contributed by atoms with Crippen molar-refractivity contribution in [2.45, 2.75) is 25.3 Å². The van der Waals surface area contributed by atoms with E-state index in [0.29, 0.717) is 26.2 Å². The van der Waals surface area contributed by atoms with Crippen LogP contribution in [0.1, 0.15) is 29.3 Å². The molecule has 1 aromatic heterocycles. The Kier molecular flexibility index (Phi) is 4.89. The molecule has 3 heterocycles. The molecule has 2 saturated heterocycles. The summed E-state index contributed by atoms with van der Waals surface area (Å²) in [4.78, 5) is 35.6. The minimum absolute atomic E-state index is 0.0674. The monoisotopic (exact) mass is 378 g/mol. The van der Waals surface area contributed by atoms with Gasteiger partial charge in [0.1, 0.15) is 0 Å². The van der Waals surface area contributed by atoms with Crippen molar-refractivity contribution in [3.8, 4) is 0 Å². The standard InChI is InChI=1S/C22H26N4O2/c1-3-17-6-8-18(9-7-17)21(28)25-12-10-22(15-25)16-26(20(27)14-24(22)2)19-5-4-11-23-13-19/h4-9,11,13H,3,10,12,14-16H2,1-2H3. The molecule has 0 aliphatic carbocycles. The molecule has 2 aliphatic heterocycles. The van der Waals surface area contributed by atoms with Crippen molar-refractivity contribution in [2.75, 3.05) is 38.1 Å². The number of hydrogen-bond acceptors (Lipinski definition) is 4. The largest absolute Gasteiger partial charge is 0.337 e. The molecular weight excluding hydrogens is 352 g/mol. The lowest BCUT2D eigenvalue weighted by Crippen LogP contribution is -2.64. The quantitative estimate of drug-likeness (QED) is 0.822. The summed E-state index contributed by atoms with van der Waals surface area (Å²) in [6.45, 7) is 4.36. The average molecular weight is 378 g/mol. The van der Waals surface area contributed by atoms with Gasteiger partial charge in [-0.05, 0) is 49.7 Å². The highest BCUT2D eigenvalue weighted by atomic mass is 16.2. The summed E-state index contributed by atoms with van der Waals surface area (Å²) < 4.78 is 0. The topological polar surface area (TPSA) is 56.8 Å². The lowest BCUT2D eigenvalue weighted by molar-refractivity contribution is -0.123. The van der Waals surface area contributed by atoms with Gasteiger partial charge in [-0.3, -0.25) is 19.5 Å². The number of carbonyl (C=O) groups excluding carboxylic acids is 2. The van der Waals surface area contributed by atoms with Crippen molar-refractivity contribution in [3.63, 3.8) is 0 Å². The molecule has 2 amide bonds. The number of aromatic nitrogens is 1. The predicted octanol–water partition coefficient (Wildman–Crippen LogP) is 2.21. The predicted molar refractivity (Wildman–Crippen MR) is 108 cm³/mol. The summed E-state index contributed by atoms with van der Waals surface area (Å²) >= 11 is 0. The third-order valence-corrected chi connectivity index (χ3v) is 6.12. The van der Waals surface area contributed by atoms with E-state index < -0.39 is 0 Å². The molecule has 6 heteroatoms. The molecule has 146 valence electrons. The van der Waals surface area contributed by atoms with Gasteiger partial charge in [-0.1, -0.05) is 19.1 Å². The lowest BCUT2D eigenvalue weighted by atomic mass is 9.92. The Hall–Kier alpha value is -2.73. The first kappa shape index (κ1) is 18.6. The molecular formula is C22H26N4O2. The van der Waals surface area contributed by atoms with Gasteiger partial charge in [0.2, 0.25) is 5.91 Å². The van der Waals surface area contributed by atoms with E-state index >= 15 is 0 Å². The summed E-state index contributed by atoms with van der Waals surface area (Å²) in [6, 6.07) is 11.6. The first-order valence-corrected chi connectivity index (χ1v) is 9.82. The number of rotatable bonds is 3. The number of likely N-dealkylation sites (tertiary alicyclic amines) is 1. The van der Waals surface area contributed by atoms with Crippen LogP contribution in [-0.4, -0.2) is 65.4 Å². The zero-order chi connectivity index (χ0) is 19.7. The number of nitrogens with zero attached hydrogens (tertiary/aromatic N) is 4. The lowest BCUT2D eigenvalue weighted by Gasteiger charge is -2.46. The smallest absolute Gasteiger partial charge is 0.253 e. The summed E-state index contributed by atoms with van der Waals surface area (Å²) in [5, 5.41) is 0. The number of likely N-dealkylation sites (N-methyl/N-ethyl adjacent to an activating group) is 1. The molecule has 4 rings (SSSR count). The molecule has 6 nitrogen and oxygen atoms in total. The minimum Gasteiger partial charge on any atom is -0.337 e. The Balaban J connectivity index is 1.53. The first-order valence-electron chi connectivity index (χ1n) is 9.82. The molecule has 1 unspecified atom stereocenters. The molecule has 0 N–H and O–H groups in total. The molecule has 2 aliphatic rings. The Morgan fingerprint density at radius 3 is 2.64 bits per heavy atom. The van der Waals surface area contributed by atoms with Gasteiger partial charge in [0.15, 0.2) is 0 Å². The SMILES string of the molecule is CCc1ccc(C(=O)N2CCC3(C2)CN(c2cccnc2)C(=O)CN3C)cc1. The second-order valence-corrected chi connectivity index (χ2v) is 7.80. The van der Waals surface area contributed by atoms with E-state index in [-0.39, 0.29) is 17.4 Å². The van der Waals surface area contributed by atoms with Gasteiger partial charge in [-0.2, -0.15) is 0 Å². The van der Waals surface area contributed by atoms with Crippen LogP contribution in [0.5, 0.6) is 0 Å². The molecule has 1 spiro atoms. The van der Waals surface area contributed by atoms with Gasteiger partial charge in [0.05, 0.1) is 24.0 Å². The average Bonchev–Trinajstić information content (AvgIpc) is 3.16. The number of piperazine rings is 1. The fraction of sp³-hybridized carbons (Fsp3) is 0.409. The maximum Gasteiger partial charge on any atom is 0.253 e. The fourth-order valence-electron chi connectivity index (χ4n) is 4.24. The normalized spacial score (nSPS) is 22.9. The number of aryl methyl sites for hydroxylation is 1. The van der Waals surface area contributed by atoms with E-state index in [2.05, 4.69) is 16.8 Å². The molecule has 0 radical (unpaired) electrons. The second kappa shape index (κ2) is 7.36. The fourth-order valence-corrected chi connectivity index (χ4v) is 4.24. The zero-order valence-corrected chi connectivity index (χ0v) is 16.5. The highest BCUT2D eigenvalue weighted by molar-refractivity contribution is 5.96. The summed E-state index contributed by atoms with van der Waals surface area (Å²) in [7, 11) is 1.99. The minimum atomic E-state index is -0.219. The Labute approximate surface area is 165 Å². The van der Waals surface area contributed by atoms with Crippen molar-refractivity contribution in [1.82, 2.24) is 14.8 Å². The summed E-state index contributed by atoms with van der Waals surface area (Å²) in [6.07, 6.45) is 5.25. The van der Waals surface area contributed by atoms with Crippen LogP contribution in [0.25, 0.3) is 0 Å². The van der Waals surface area contributed by atoms with Crippen molar-refractivity contribution >= 4 is 17.5 Å². The number of pyridine rings is 1. The van der Waals surface area contributed by atoms with Gasteiger partial charge >= 0.3 is 0 Å². The first-order chi connectivity index (χ1) is 13.5. The van der Waals surface area contributed by atoms with Crippen LogP contribution >= 0.6 is 0 Å².